The second-order valence-corrected chi connectivity index (χ2v) is 4.84. The van der Waals surface area contributed by atoms with Gasteiger partial charge in [0.2, 0.25) is 0 Å². The quantitative estimate of drug-likeness (QED) is 0.743. The number of nitrogens with one attached hydrogen (secondary N) is 1. The predicted octanol–water partition coefficient (Wildman–Crippen LogP) is 4.27. The molecule has 0 unspecified atom stereocenters. The van der Waals surface area contributed by atoms with Crippen LogP contribution in [0.25, 0.3) is 10.8 Å². The molecule has 0 aromatic heterocycles. The van der Waals surface area contributed by atoms with Crippen molar-refractivity contribution in [3.63, 3.8) is 0 Å². The second kappa shape index (κ2) is 5.85. The van der Waals surface area contributed by atoms with Crippen LogP contribution in [-0.4, -0.2) is 0 Å². The molecular weight excluding hydrogens is 249 g/mol. The zero-order valence-electron chi connectivity index (χ0n) is 11.1. The first-order chi connectivity index (χ1) is 9.84. The first-order valence-corrected chi connectivity index (χ1v) is 6.75. The van der Waals surface area contributed by atoms with Crippen LogP contribution in [0.3, 0.4) is 0 Å². The maximum atomic E-state index is 13.7. The van der Waals surface area contributed by atoms with Gasteiger partial charge in [-0.1, -0.05) is 60.7 Å². The van der Waals surface area contributed by atoms with E-state index in [9.17, 15) is 4.39 Å². The summed E-state index contributed by atoms with van der Waals surface area (Å²) < 4.78 is 13.7. The lowest BCUT2D eigenvalue weighted by Gasteiger charge is -2.09. The summed E-state index contributed by atoms with van der Waals surface area (Å²) in [5, 5.41) is 5.07. The van der Waals surface area contributed by atoms with E-state index in [-0.39, 0.29) is 5.82 Å². The molecule has 3 aromatic rings. The summed E-state index contributed by atoms with van der Waals surface area (Å²) in [5.74, 6) is -0.160. The van der Waals surface area contributed by atoms with Crippen LogP contribution in [-0.2, 0) is 13.1 Å². The summed E-state index contributed by atoms with van der Waals surface area (Å²) in [4.78, 5) is 0. The number of rotatable bonds is 4. The Hall–Kier alpha value is -2.19. The fourth-order valence-corrected chi connectivity index (χ4v) is 2.42. The van der Waals surface area contributed by atoms with Gasteiger partial charge in [0.15, 0.2) is 0 Å². The third-order valence-corrected chi connectivity index (χ3v) is 3.45. The van der Waals surface area contributed by atoms with Crippen molar-refractivity contribution >= 4 is 10.8 Å². The molecule has 0 fully saturated rings. The topological polar surface area (TPSA) is 12.0 Å². The van der Waals surface area contributed by atoms with E-state index in [1.807, 2.05) is 48.5 Å². The normalized spacial score (nSPS) is 10.8. The average molecular weight is 265 g/mol. The van der Waals surface area contributed by atoms with Gasteiger partial charge in [-0.3, -0.25) is 0 Å². The summed E-state index contributed by atoms with van der Waals surface area (Å²) in [6.45, 7) is 1.54. The molecule has 0 atom stereocenters. The molecule has 20 heavy (non-hydrogen) atoms. The Kier molecular flexibility index (Phi) is 3.75. The Morgan fingerprint density at radius 3 is 2.20 bits per heavy atom. The van der Waals surface area contributed by atoms with Crippen LogP contribution in [0.15, 0.2) is 66.7 Å². The van der Waals surface area contributed by atoms with Gasteiger partial charge in [0.05, 0.1) is 0 Å². The first-order valence-electron chi connectivity index (χ1n) is 6.75. The van der Waals surface area contributed by atoms with Crippen molar-refractivity contribution < 1.29 is 4.39 Å². The van der Waals surface area contributed by atoms with Crippen molar-refractivity contribution in [3.8, 4) is 0 Å². The minimum Gasteiger partial charge on any atom is -0.309 e. The molecule has 0 aliphatic rings. The lowest BCUT2D eigenvalue weighted by Crippen LogP contribution is -2.12. The highest BCUT2D eigenvalue weighted by Crippen LogP contribution is 2.21. The summed E-state index contributed by atoms with van der Waals surface area (Å²) >= 11 is 0. The van der Waals surface area contributed by atoms with Crippen LogP contribution >= 0.6 is 0 Å². The summed E-state index contributed by atoms with van der Waals surface area (Å²) in [7, 11) is 0. The Morgan fingerprint density at radius 1 is 0.700 bits per heavy atom. The highest BCUT2D eigenvalue weighted by atomic mass is 19.1. The molecule has 0 radical (unpaired) electrons. The summed E-state index contributed by atoms with van der Waals surface area (Å²) in [6, 6.07) is 21.3. The SMILES string of the molecule is Fc1ccc(CNCc2ccccc2)c2ccccc12. The van der Waals surface area contributed by atoms with E-state index < -0.39 is 0 Å². The fourth-order valence-electron chi connectivity index (χ4n) is 2.42. The molecule has 0 aliphatic carbocycles. The zero-order chi connectivity index (χ0) is 13.8. The highest BCUT2D eigenvalue weighted by Gasteiger charge is 2.04. The lowest BCUT2D eigenvalue weighted by molar-refractivity contribution is 0.638. The van der Waals surface area contributed by atoms with E-state index in [4.69, 9.17) is 0 Å². The van der Waals surface area contributed by atoms with Crippen LogP contribution in [0.2, 0.25) is 0 Å². The van der Waals surface area contributed by atoms with Crippen molar-refractivity contribution in [1.29, 1.82) is 0 Å². The van der Waals surface area contributed by atoms with Crippen LogP contribution in [0.1, 0.15) is 11.1 Å². The molecule has 2 heteroatoms. The highest BCUT2D eigenvalue weighted by molar-refractivity contribution is 5.86. The van der Waals surface area contributed by atoms with Crippen molar-refractivity contribution in [3.05, 3.63) is 83.7 Å². The number of hydrogen-bond donors (Lipinski definition) is 1. The molecule has 1 N–H and O–H groups in total. The number of halogens is 1. The minimum absolute atomic E-state index is 0.160. The number of benzene rings is 3. The fraction of sp³-hybridized carbons (Fsp3) is 0.111. The van der Waals surface area contributed by atoms with E-state index in [1.54, 1.807) is 6.07 Å². The van der Waals surface area contributed by atoms with Crippen molar-refractivity contribution in [2.24, 2.45) is 0 Å². The van der Waals surface area contributed by atoms with E-state index in [0.29, 0.717) is 5.39 Å². The van der Waals surface area contributed by atoms with Crippen molar-refractivity contribution in [1.82, 2.24) is 5.32 Å². The van der Waals surface area contributed by atoms with E-state index in [0.717, 1.165) is 24.0 Å². The van der Waals surface area contributed by atoms with E-state index in [2.05, 4.69) is 17.4 Å². The standard InChI is InChI=1S/C18H16FN/c19-18-11-10-15(16-8-4-5-9-17(16)18)13-20-12-14-6-2-1-3-7-14/h1-11,20H,12-13H2. The van der Waals surface area contributed by atoms with Crippen LogP contribution in [0.4, 0.5) is 4.39 Å². The van der Waals surface area contributed by atoms with Gasteiger partial charge in [0, 0.05) is 18.5 Å². The molecule has 0 aliphatic heterocycles. The lowest BCUT2D eigenvalue weighted by atomic mass is 10.0. The van der Waals surface area contributed by atoms with Crippen LogP contribution < -0.4 is 5.32 Å². The molecule has 3 aromatic carbocycles. The zero-order valence-corrected chi connectivity index (χ0v) is 11.1. The minimum atomic E-state index is -0.160. The van der Waals surface area contributed by atoms with E-state index >= 15 is 0 Å². The number of hydrogen-bond acceptors (Lipinski definition) is 1. The third-order valence-electron chi connectivity index (χ3n) is 3.45. The smallest absolute Gasteiger partial charge is 0.131 e. The van der Waals surface area contributed by atoms with Gasteiger partial charge in [0.25, 0.3) is 0 Å². The second-order valence-electron chi connectivity index (χ2n) is 4.84. The summed E-state index contributed by atoms with van der Waals surface area (Å²) in [6.07, 6.45) is 0. The molecule has 0 spiro atoms. The molecular formula is C18H16FN. The van der Waals surface area contributed by atoms with Gasteiger partial charge >= 0.3 is 0 Å². The van der Waals surface area contributed by atoms with Crippen LogP contribution in [0, 0.1) is 5.82 Å². The number of fused-ring (bicyclic) bond motifs is 1. The molecule has 3 rings (SSSR count). The van der Waals surface area contributed by atoms with Crippen molar-refractivity contribution in [2.75, 3.05) is 0 Å². The molecule has 0 bridgehead atoms. The van der Waals surface area contributed by atoms with Crippen LogP contribution in [0.5, 0.6) is 0 Å². The molecule has 0 saturated carbocycles. The Morgan fingerprint density at radius 2 is 1.40 bits per heavy atom. The molecule has 100 valence electrons. The Bertz CT molecular complexity index is 707. The summed E-state index contributed by atoms with van der Waals surface area (Å²) in [5.41, 5.74) is 2.37. The maximum absolute atomic E-state index is 13.7. The Labute approximate surface area is 118 Å². The van der Waals surface area contributed by atoms with Gasteiger partial charge in [0.1, 0.15) is 5.82 Å². The van der Waals surface area contributed by atoms with E-state index in [1.165, 1.54) is 5.56 Å². The largest absolute Gasteiger partial charge is 0.309 e. The molecule has 0 amide bonds. The maximum Gasteiger partial charge on any atom is 0.131 e. The molecule has 0 heterocycles. The van der Waals surface area contributed by atoms with Gasteiger partial charge in [-0.05, 0) is 22.6 Å². The van der Waals surface area contributed by atoms with Gasteiger partial charge < -0.3 is 5.32 Å². The predicted molar refractivity (Wildman–Crippen MR) is 80.9 cm³/mol. The molecule has 1 nitrogen and oxygen atoms in total. The van der Waals surface area contributed by atoms with Crippen molar-refractivity contribution in [2.45, 2.75) is 13.1 Å². The average Bonchev–Trinajstić information content (AvgIpc) is 2.51. The monoisotopic (exact) mass is 265 g/mol. The Balaban J connectivity index is 1.77. The van der Waals surface area contributed by atoms with Gasteiger partial charge in [-0.2, -0.15) is 0 Å². The third kappa shape index (κ3) is 2.70. The first kappa shape index (κ1) is 12.8. The molecule has 0 saturated heterocycles. The van der Waals surface area contributed by atoms with Gasteiger partial charge in [-0.15, -0.1) is 0 Å². The van der Waals surface area contributed by atoms with Gasteiger partial charge in [-0.25, -0.2) is 4.39 Å².